The average Bonchev–Trinajstić information content (AvgIpc) is 2.56. The highest BCUT2D eigenvalue weighted by molar-refractivity contribution is 4.74. The van der Waals surface area contributed by atoms with Gasteiger partial charge >= 0.3 is 0 Å². The molecule has 0 spiro atoms. The predicted octanol–water partition coefficient (Wildman–Crippen LogP) is 7.30. The van der Waals surface area contributed by atoms with Crippen LogP contribution in [0, 0.1) is 17.8 Å². The van der Waals surface area contributed by atoms with Gasteiger partial charge in [-0.25, -0.2) is 0 Å². The van der Waals surface area contributed by atoms with E-state index in [1.54, 1.807) is 0 Å². The molecule has 0 bridgehead atoms. The maximum Gasteiger partial charge on any atom is -0.00160 e. The van der Waals surface area contributed by atoms with E-state index in [-0.39, 0.29) is 0 Å². The molecule has 0 atom stereocenters. The second-order valence-corrected chi connectivity index (χ2v) is 9.14. The molecule has 0 aromatic rings. The minimum atomic E-state index is 0.891. The maximum absolute atomic E-state index is 2.72. The maximum atomic E-state index is 2.72. The van der Waals surface area contributed by atoms with Gasteiger partial charge in [0.1, 0.15) is 0 Å². The van der Waals surface area contributed by atoms with Gasteiger partial charge in [-0.15, -0.1) is 0 Å². The highest BCUT2D eigenvalue weighted by Gasteiger charge is 2.20. The topological polar surface area (TPSA) is 3.24 Å². The largest absolute Gasteiger partial charge is 0.303 e. The van der Waals surface area contributed by atoms with E-state index < -0.39 is 0 Å². The fourth-order valence-electron chi connectivity index (χ4n) is 4.15. The molecule has 0 aromatic carbocycles. The Morgan fingerprint density at radius 1 is 0.667 bits per heavy atom. The van der Waals surface area contributed by atoms with Crippen molar-refractivity contribution in [2.45, 2.75) is 111 Å². The summed E-state index contributed by atoms with van der Waals surface area (Å²) in [7, 11) is 0. The molecule has 0 N–H and O–H groups in total. The normalized spacial score (nSPS) is 17.2. The molecule has 1 heterocycles. The van der Waals surface area contributed by atoms with Gasteiger partial charge in [0, 0.05) is 0 Å². The van der Waals surface area contributed by atoms with Crippen LogP contribution in [0.1, 0.15) is 111 Å². The van der Waals surface area contributed by atoms with Crippen LogP contribution in [0.5, 0.6) is 0 Å². The SMILES string of the molecule is CC(C)CCCCCCCCCCCCN1CCC(C(C)C)CC1. The lowest BCUT2D eigenvalue weighted by Gasteiger charge is -2.33. The van der Waals surface area contributed by atoms with Gasteiger partial charge in [0.05, 0.1) is 0 Å². The molecule has 0 saturated carbocycles. The Bertz CT molecular complexity index is 263. The highest BCUT2D eigenvalue weighted by atomic mass is 15.1. The Balaban J connectivity index is 1.78. The van der Waals surface area contributed by atoms with Crippen LogP contribution in [0.25, 0.3) is 0 Å². The van der Waals surface area contributed by atoms with Crippen LogP contribution in [0.2, 0.25) is 0 Å². The first-order chi connectivity index (χ1) is 11.6. The van der Waals surface area contributed by atoms with Gasteiger partial charge in [0.25, 0.3) is 0 Å². The van der Waals surface area contributed by atoms with Crippen LogP contribution in [-0.4, -0.2) is 24.5 Å². The lowest BCUT2D eigenvalue weighted by Crippen LogP contribution is -2.35. The molecule has 1 rings (SSSR count). The number of hydrogen-bond donors (Lipinski definition) is 0. The fraction of sp³-hybridized carbons (Fsp3) is 1.00. The van der Waals surface area contributed by atoms with Gasteiger partial charge in [-0.05, 0) is 56.7 Å². The number of rotatable bonds is 14. The summed E-state index contributed by atoms with van der Waals surface area (Å²) in [6.45, 7) is 13.6. The van der Waals surface area contributed by atoms with Crippen LogP contribution in [0.3, 0.4) is 0 Å². The number of unbranched alkanes of at least 4 members (excludes halogenated alkanes) is 9. The molecular weight excluding hydrogens is 290 g/mol. The summed E-state index contributed by atoms with van der Waals surface area (Å²) >= 11 is 0. The van der Waals surface area contributed by atoms with Crippen molar-refractivity contribution in [1.82, 2.24) is 4.90 Å². The lowest BCUT2D eigenvalue weighted by atomic mass is 9.87. The summed E-state index contributed by atoms with van der Waals surface area (Å²) in [6.07, 6.45) is 18.9. The molecule has 0 aliphatic carbocycles. The van der Waals surface area contributed by atoms with Crippen LogP contribution < -0.4 is 0 Å². The van der Waals surface area contributed by atoms with E-state index in [0.29, 0.717) is 0 Å². The van der Waals surface area contributed by atoms with E-state index in [4.69, 9.17) is 0 Å². The van der Waals surface area contributed by atoms with E-state index >= 15 is 0 Å². The fourth-order valence-corrected chi connectivity index (χ4v) is 4.15. The van der Waals surface area contributed by atoms with Crippen LogP contribution in [0.4, 0.5) is 0 Å². The molecule has 1 saturated heterocycles. The summed E-state index contributed by atoms with van der Waals surface area (Å²) in [6, 6.07) is 0. The summed E-state index contributed by atoms with van der Waals surface area (Å²) in [5.74, 6) is 2.78. The molecular formula is C23H47N. The Labute approximate surface area is 154 Å². The van der Waals surface area contributed by atoms with Crippen molar-refractivity contribution in [3.05, 3.63) is 0 Å². The molecule has 0 unspecified atom stereocenters. The summed E-state index contributed by atoms with van der Waals surface area (Å²) in [5.41, 5.74) is 0. The van der Waals surface area contributed by atoms with E-state index in [1.165, 1.54) is 103 Å². The first-order valence-electron chi connectivity index (χ1n) is 11.3. The first kappa shape index (κ1) is 22.0. The zero-order valence-electron chi connectivity index (χ0n) is 17.5. The second kappa shape index (κ2) is 14.2. The van der Waals surface area contributed by atoms with Crippen molar-refractivity contribution in [2.75, 3.05) is 19.6 Å². The van der Waals surface area contributed by atoms with Crippen molar-refractivity contribution in [3.8, 4) is 0 Å². The number of likely N-dealkylation sites (tertiary alicyclic amines) is 1. The number of piperidine rings is 1. The van der Waals surface area contributed by atoms with Gasteiger partial charge in [0.2, 0.25) is 0 Å². The highest BCUT2D eigenvalue weighted by Crippen LogP contribution is 2.24. The van der Waals surface area contributed by atoms with Crippen molar-refractivity contribution >= 4 is 0 Å². The zero-order valence-corrected chi connectivity index (χ0v) is 17.5. The van der Waals surface area contributed by atoms with E-state index in [9.17, 15) is 0 Å². The van der Waals surface area contributed by atoms with Gasteiger partial charge in [-0.2, -0.15) is 0 Å². The Morgan fingerprint density at radius 3 is 1.58 bits per heavy atom. The van der Waals surface area contributed by atoms with Gasteiger partial charge in [0.15, 0.2) is 0 Å². The Morgan fingerprint density at radius 2 is 1.12 bits per heavy atom. The molecule has 0 radical (unpaired) electrons. The van der Waals surface area contributed by atoms with Crippen molar-refractivity contribution in [1.29, 1.82) is 0 Å². The molecule has 1 aliphatic heterocycles. The van der Waals surface area contributed by atoms with E-state index in [0.717, 1.165) is 17.8 Å². The third-order valence-corrected chi connectivity index (χ3v) is 6.08. The Hall–Kier alpha value is -0.0400. The monoisotopic (exact) mass is 337 g/mol. The van der Waals surface area contributed by atoms with Crippen LogP contribution >= 0.6 is 0 Å². The molecule has 1 nitrogen and oxygen atoms in total. The van der Waals surface area contributed by atoms with Gasteiger partial charge in [-0.3, -0.25) is 0 Å². The molecule has 1 fully saturated rings. The molecule has 144 valence electrons. The smallest absolute Gasteiger partial charge is 0.00160 e. The standard InChI is InChI=1S/C23H47N/c1-21(2)15-13-11-9-7-5-6-8-10-12-14-18-24-19-16-23(17-20-24)22(3)4/h21-23H,5-20H2,1-4H3. The van der Waals surface area contributed by atoms with Crippen molar-refractivity contribution < 1.29 is 0 Å². The van der Waals surface area contributed by atoms with Crippen LogP contribution in [-0.2, 0) is 0 Å². The molecule has 1 heteroatoms. The zero-order chi connectivity index (χ0) is 17.6. The number of nitrogens with zero attached hydrogens (tertiary/aromatic N) is 1. The van der Waals surface area contributed by atoms with Crippen molar-refractivity contribution in [3.63, 3.8) is 0 Å². The summed E-state index contributed by atoms with van der Waals surface area (Å²) in [4.78, 5) is 2.72. The molecule has 1 aliphatic rings. The lowest BCUT2D eigenvalue weighted by molar-refractivity contribution is 0.155. The molecule has 24 heavy (non-hydrogen) atoms. The van der Waals surface area contributed by atoms with Gasteiger partial charge < -0.3 is 4.90 Å². The molecule has 0 amide bonds. The quantitative estimate of drug-likeness (QED) is 0.300. The van der Waals surface area contributed by atoms with Crippen molar-refractivity contribution in [2.24, 2.45) is 17.8 Å². The van der Waals surface area contributed by atoms with E-state index in [1.807, 2.05) is 0 Å². The average molecular weight is 338 g/mol. The minimum absolute atomic E-state index is 0.891. The number of hydrogen-bond acceptors (Lipinski definition) is 1. The second-order valence-electron chi connectivity index (χ2n) is 9.14. The Kier molecular flexibility index (Phi) is 13.0. The van der Waals surface area contributed by atoms with E-state index in [2.05, 4.69) is 32.6 Å². The third kappa shape index (κ3) is 11.5. The first-order valence-corrected chi connectivity index (χ1v) is 11.3. The van der Waals surface area contributed by atoms with Crippen LogP contribution in [0.15, 0.2) is 0 Å². The third-order valence-electron chi connectivity index (χ3n) is 6.08. The summed E-state index contributed by atoms with van der Waals surface area (Å²) < 4.78 is 0. The summed E-state index contributed by atoms with van der Waals surface area (Å²) in [5, 5.41) is 0. The van der Waals surface area contributed by atoms with Gasteiger partial charge in [-0.1, -0.05) is 91.9 Å². The predicted molar refractivity (Wildman–Crippen MR) is 110 cm³/mol. The minimum Gasteiger partial charge on any atom is -0.303 e. The molecule has 0 aromatic heterocycles.